The van der Waals surface area contributed by atoms with Gasteiger partial charge in [-0.05, 0) is 37.8 Å². The first kappa shape index (κ1) is 13.4. The summed E-state index contributed by atoms with van der Waals surface area (Å²) in [5, 5.41) is 7.20. The second kappa shape index (κ2) is 5.40. The van der Waals surface area contributed by atoms with E-state index in [4.69, 9.17) is 0 Å². The van der Waals surface area contributed by atoms with Crippen LogP contribution >= 0.6 is 0 Å². The second-order valence-corrected chi connectivity index (χ2v) is 6.08. The molecule has 3 heterocycles. The van der Waals surface area contributed by atoms with Crippen molar-refractivity contribution in [2.24, 2.45) is 0 Å². The SMILES string of the molecule is CN(C)C(=O)c1cc(NC2CC3CCC(C2)N3)ccn1. The minimum absolute atomic E-state index is 0.0565. The molecule has 1 amide bonds. The van der Waals surface area contributed by atoms with E-state index in [1.54, 1.807) is 25.2 Å². The molecule has 2 fully saturated rings. The van der Waals surface area contributed by atoms with Gasteiger partial charge in [-0.1, -0.05) is 0 Å². The molecule has 0 aliphatic carbocycles. The summed E-state index contributed by atoms with van der Waals surface area (Å²) < 4.78 is 0. The Morgan fingerprint density at radius 3 is 2.70 bits per heavy atom. The summed E-state index contributed by atoms with van der Waals surface area (Å²) in [4.78, 5) is 17.6. The third-order valence-corrected chi connectivity index (χ3v) is 4.23. The predicted octanol–water partition coefficient (Wildman–Crippen LogP) is 1.48. The average Bonchev–Trinajstić information content (AvgIpc) is 2.77. The zero-order valence-corrected chi connectivity index (χ0v) is 12.1. The highest BCUT2D eigenvalue weighted by atomic mass is 16.2. The Hall–Kier alpha value is -1.62. The predicted molar refractivity (Wildman–Crippen MR) is 78.8 cm³/mol. The molecule has 2 atom stereocenters. The summed E-state index contributed by atoms with van der Waals surface area (Å²) in [6.07, 6.45) is 6.62. The van der Waals surface area contributed by atoms with Gasteiger partial charge in [0, 0.05) is 44.1 Å². The number of anilines is 1. The molecule has 1 aromatic heterocycles. The van der Waals surface area contributed by atoms with Gasteiger partial charge in [0.15, 0.2) is 0 Å². The molecular formula is C15H22N4O. The Morgan fingerprint density at radius 1 is 1.35 bits per heavy atom. The number of pyridine rings is 1. The Balaban J connectivity index is 1.68. The molecule has 2 aliphatic rings. The molecule has 5 nitrogen and oxygen atoms in total. The Labute approximate surface area is 119 Å². The Kier molecular flexibility index (Phi) is 3.61. The van der Waals surface area contributed by atoms with Gasteiger partial charge in [-0.15, -0.1) is 0 Å². The normalized spacial score (nSPS) is 28.2. The molecule has 0 aromatic carbocycles. The van der Waals surface area contributed by atoms with Gasteiger partial charge in [0.25, 0.3) is 5.91 Å². The molecular weight excluding hydrogens is 252 g/mol. The quantitative estimate of drug-likeness (QED) is 0.876. The van der Waals surface area contributed by atoms with Gasteiger partial charge in [0.1, 0.15) is 5.69 Å². The van der Waals surface area contributed by atoms with Crippen molar-refractivity contribution in [3.05, 3.63) is 24.0 Å². The molecule has 2 aliphatic heterocycles. The van der Waals surface area contributed by atoms with E-state index in [0.29, 0.717) is 23.8 Å². The van der Waals surface area contributed by atoms with Crippen LogP contribution in [0, 0.1) is 0 Å². The fourth-order valence-electron chi connectivity index (χ4n) is 3.28. The highest BCUT2D eigenvalue weighted by Crippen LogP contribution is 2.28. The molecule has 1 aromatic rings. The van der Waals surface area contributed by atoms with Crippen molar-refractivity contribution in [3.8, 4) is 0 Å². The van der Waals surface area contributed by atoms with Crippen molar-refractivity contribution < 1.29 is 4.79 Å². The molecule has 108 valence electrons. The standard InChI is InChI=1S/C15H22N4O/c1-19(2)15(20)14-9-12(5-6-16-14)18-13-7-10-3-4-11(8-13)17-10/h5-6,9-11,13,17H,3-4,7-8H2,1-2H3,(H,16,18). The van der Waals surface area contributed by atoms with Crippen LogP contribution in [0.4, 0.5) is 5.69 Å². The third-order valence-electron chi connectivity index (χ3n) is 4.23. The molecule has 5 heteroatoms. The summed E-state index contributed by atoms with van der Waals surface area (Å²) in [6, 6.07) is 5.62. The van der Waals surface area contributed by atoms with Crippen LogP contribution in [-0.2, 0) is 0 Å². The van der Waals surface area contributed by atoms with Crippen molar-refractivity contribution in [1.29, 1.82) is 0 Å². The van der Waals surface area contributed by atoms with Crippen molar-refractivity contribution in [2.75, 3.05) is 19.4 Å². The first-order valence-electron chi connectivity index (χ1n) is 7.32. The van der Waals surface area contributed by atoms with E-state index in [0.717, 1.165) is 18.5 Å². The molecule has 2 N–H and O–H groups in total. The monoisotopic (exact) mass is 274 g/mol. The lowest BCUT2D eigenvalue weighted by molar-refractivity contribution is 0.0822. The average molecular weight is 274 g/mol. The largest absolute Gasteiger partial charge is 0.382 e. The lowest BCUT2D eigenvalue weighted by atomic mass is 9.99. The number of carbonyl (C=O) groups excluding carboxylic acids is 1. The number of piperidine rings is 1. The molecule has 0 saturated carbocycles. The minimum Gasteiger partial charge on any atom is -0.382 e. The highest BCUT2D eigenvalue weighted by molar-refractivity contribution is 5.92. The smallest absolute Gasteiger partial charge is 0.272 e. The molecule has 3 rings (SSSR count). The Bertz CT molecular complexity index is 490. The van der Waals surface area contributed by atoms with E-state index < -0.39 is 0 Å². The van der Waals surface area contributed by atoms with Crippen LogP contribution in [0.2, 0.25) is 0 Å². The molecule has 2 saturated heterocycles. The van der Waals surface area contributed by atoms with Crippen LogP contribution in [0.3, 0.4) is 0 Å². The maximum Gasteiger partial charge on any atom is 0.272 e. The Morgan fingerprint density at radius 2 is 2.05 bits per heavy atom. The summed E-state index contributed by atoms with van der Waals surface area (Å²) in [6.45, 7) is 0. The van der Waals surface area contributed by atoms with Crippen LogP contribution in [0.5, 0.6) is 0 Å². The van der Waals surface area contributed by atoms with Gasteiger partial charge >= 0.3 is 0 Å². The molecule has 0 spiro atoms. The number of nitrogens with one attached hydrogen (secondary N) is 2. The van der Waals surface area contributed by atoms with Gasteiger partial charge < -0.3 is 15.5 Å². The van der Waals surface area contributed by atoms with Crippen molar-refractivity contribution in [1.82, 2.24) is 15.2 Å². The van der Waals surface area contributed by atoms with E-state index in [9.17, 15) is 4.79 Å². The highest BCUT2D eigenvalue weighted by Gasteiger charge is 2.33. The zero-order valence-electron chi connectivity index (χ0n) is 12.1. The van der Waals surface area contributed by atoms with Gasteiger partial charge in [-0.3, -0.25) is 9.78 Å². The van der Waals surface area contributed by atoms with Gasteiger partial charge in [0.05, 0.1) is 0 Å². The zero-order chi connectivity index (χ0) is 14.1. The van der Waals surface area contributed by atoms with Gasteiger partial charge in [0.2, 0.25) is 0 Å². The van der Waals surface area contributed by atoms with E-state index in [1.165, 1.54) is 12.8 Å². The minimum atomic E-state index is -0.0565. The number of rotatable bonds is 3. The van der Waals surface area contributed by atoms with E-state index in [2.05, 4.69) is 15.6 Å². The van der Waals surface area contributed by atoms with Crippen LogP contribution in [0.25, 0.3) is 0 Å². The topological polar surface area (TPSA) is 57.3 Å². The fraction of sp³-hybridized carbons (Fsp3) is 0.600. The van der Waals surface area contributed by atoms with Gasteiger partial charge in [-0.25, -0.2) is 0 Å². The summed E-state index contributed by atoms with van der Waals surface area (Å²) in [5.41, 5.74) is 1.49. The summed E-state index contributed by atoms with van der Waals surface area (Å²) in [5.74, 6) is -0.0565. The molecule has 2 bridgehead atoms. The fourth-order valence-corrected chi connectivity index (χ4v) is 3.28. The van der Waals surface area contributed by atoms with Gasteiger partial charge in [-0.2, -0.15) is 0 Å². The van der Waals surface area contributed by atoms with Crippen LogP contribution in [0.1, 0.15) is 36.2 Å². The number of hydrogen-bond donors (Lipinski definition) is 2. The van der Waals surface area contributed by atoms with Crippen molar-refractivity contribution >= 4 is 11.6 Å². The van der Waals surface area contributed by atoms with Crippen molar-refractivity contribution in [2.45, 2.75) is 43.8 Å². The lowest BCUT2D eigenvalue weighted by Gasteiger charge is -2.30. The second-order valence-electron chi connectivity index (χ2n) is 6.08. The van der Waals surface area contributed by atoms with E-state index >= 15 is 0 Å². The first-order chi connectivity index (χ1) is 9.61. The van der Waals surface area contributed by atoms with E-state index in [1.807, 2.05) is 12.1 Å². The lowest BCUT2D eigenvalue weighted by Crippen LogP contribution is -2.43. The molecule has 0 radical (unpaired) electrons. The first-order valence-corrected chi connectivity index (χ1v) is 7.32. The summed E-state index contributed by atoms with van der Waals surface area (Å²) in [7, 11) is 3.49. The number of carbonyl (C=O) groups is 1. The van der Waals surface area contributed by atoms with Crippen LogP contribution < -0.4 is 10.6 Å². The summed E-state index contributed by atoms with van der Waals surface area (Å²) >= 11 is 0. The van der Waals surface area contributed by atoms with E-state index in [-0.39, 0.29) is 5.91 Å². The molecule has 2 unspecified atom stereocenters. The maximum absolute atomic E-state index is 11.9. The maximum atomic E-state index is 11.9. The number of amides is 1. The van der Waals surface area contributed by atoms with Crippen LogP contribution in [-0.4, -0.2) is 48.0 Å². The third kappa shape index (κ3) is 2.77. The van der Waals surface area contributed by atoms with Crippen molar-refractivity contribution in [3.63, 3.8) is 0 Å². The number of nitrogens with zero attached hydrogens (tertiary/aromatic N) is 2. The van der Waals surface area contributed by atoms with Crippen LogP contribution in [0.15, 0.2) is 18.3 Å². The number of aromatic nitrogens is 1. The number of fused-ring (bicyclic) bond motifs is 2. The number of hydrogen-bond acceptors (Lipinski definition) is 4. The molecule has 20 heavy (non-hydrogen) atoms.